The Bertz CT molecular complexity index is 665. The molecule has 116 valence electrons. The normalized spacial score (nSPS) is 25.1. The molecule has 1 aromatic carbocycles. The van der Waals surface area contributed by atoms with Crippen LogP contribution < -0.4 is 5.32 Å². The van der Waals surface area contributed by atoms with E-state index < -0.39 is 12.0 Å². The second kappa shape index (κ2) is 5.48. The number of benzene rings is 1. The molecule has 0 spiro atoms. The van der Waals surface area contributed by atoms with Crippen LogP contribution in [0.4, 0.5) is 5.69 Å². The Morgan fingerprint density at radius 2 is 2.18 bits per heavy atom. The van der Waals surface area contributed by atoms with E-state index >= 15 is 0 Å². The number of anilines is 1. The van der Waals surface area contributed by atoms with Gasteiger partial charge < -0.3 is 15.2 Å². The maximum absolute atomic E-state index is 12.3. The number of hydrogen-bond acceptors (Lipinski definition) is 4. The quantitative estimate of drug-likeness (QED) is 0.663. The van der Waals surface area contributed by atoms with E-state index in [9.17, 15) is 14.7 Å². The number of allylic oxidation sites excluding steroid dienone is 2. The lowest BCUT2D eigenvalue weighted by molar-refractivity contribution is -0.145. The van der Waals surface area contributed by atoms with E-state index in [0.29, 0.717) is 12.2 Å². The predicted molar refractivity (Wildman–Crippen MR) is 82.2 cm³/mol. The van der Waals surface area contributed by atoms with Crippen LogP contribution in [0.3, 0.4) is 0 Å². The van der Waals surface area contributed by atoms with Crippen molar-refractivity contribution in [2.75, 3.05) is 11.9 Å². The Morgan fingerprint density at radius 3 is 2.86 bits per heavy atom. The summed E-state index contributed by atoms with van der Waals surface area (Å²) in [5, 5.41) is 12.5. The molecule has 1 aliphatic heterocycles. The molecule has 0 aromatic heterocycles. The molecule has 0 bridgehead atoms. The first-order chi connectivity index (χ1) is 10.5. The van der Waals surface area contributed by atoms with Crippen LogP contribution in [-0.4, -0.2) is 29.7 Å². The fourth-order valence-corrected chi connectivity index (χ4v) is 3.51. The fraction of sp³-hybridized carbons (Fsp3) is 0.412. The Morgan fingerprint density at radius 1 is 1.41 bits per heavy atom. The Labute approximate surface area is 129 Å². The highest BCUT2D eigenvalue weighted by Gasteiger charge is 2.42. The zero-order valence-electron chi connectivity index (χ0n) is 12.6. The van der Waals surface area contributed by atoms with Crippen LogP contribution >= 0.6 is 0 Å². The number of aromatic carboxylic acids is 1. The van der Waals surface area contributed by atoms with E-state index in [0.717, 1.165) is 17.7 Å². The van der Waals surface area contributed by atoms with E-state index in [1.165, 1.54) is 0 Å². The Kier molecular flexibility index (Phi) is 3.64. The van der Waals surface area contributed by atoms with Crippen molar-refractivity contribution in [1.29, 1.82) is 0 Å². The van der Waals surface area contributed by atoms with Crippen LogP contribution in [0, 0.1) is 12.8 Å². The number of hydrogen-bond donors (Lipinski definition) is 2. The number of carbonyl (C=O) groups excluding carboxylic acids is 1. The third-order valence-corrected chi connectivity index (χ3v) is 4.57. The summed E-state index contributed by atoms with van der Waals surface area (Å²) in [5.41, 5.74) is 2.74. The lowest BCUT2D eigenvalue weighted by Crippen LogP contribution is -2.43. The molecule has 3 atom stereocenters. The van der Waals surface area contributed by atoms with E-state index in [4.69, 9.17) is 4.74 Å². The Balaban J connectivity index is 2.06. The highest BCUT2D eigenvalue weighted by molar-refractivity contribution is 5.93. The fourth-order valence-electron chi connectivity index (χ4n) is 3.51. The molecule has 2 aliphatic rings. The van der Waals surface area contributed by atoms with Crippen LogP contribution in [0.15, 0.2) is 24.3 Å². The van der Waals surface area contributed by atoms with Gasteiger partial charge in [0.15, 0.2) is 0 Å². The molecule has 2 N–H and O–H groups in total. The molecule has 0 amide bonds. The largest absolute Gasteiger partial charge is 0.478 e. The highest BCUT2D eigenvalue weighted by atomic mass is 16.5. The van der Waals surface area contributed by atoms with Crippen molar-refractivity contribution >= 4 is 17.6 Å². The number of esters is 1. The second-order valence-electron chi connectivity index (χ2n) is 5.74. The number of nitrogens with one attached hydrogen (secondary N) is 1. The molecule has 3 rings (SSSR count). The molecule has 1 aromatic rings. The molecule has 5 nitrogen and oxygen atoms in total. The zero-order valence-corrected chi connectivity index (χ0v) is 12.6. The van der Waals surface area contributed by atoms with Crippen molar-refractivity contribution in [1.82, 2.24) is 0 Å². The van der Waals surface area contributed by atoms with Crippen molar-refractivity contribution in [3.05, 3.63) is 41.0 Å². The molecule has 0 unspecified atom stereocenters. The van der Waals surface area contributed by atoms with Crippen molar-refractivity contribution in [2.24, 2.45) is 5.92 Å². The Hall–Kier alpha value is -2.30. The van der Waals surface area contributed by atoms with Gasteiger partial charge in [-0.15, -0.1) is 0 Å². The van der Waals surface area contributed by atoms with Gasteiger partial charge in [-0.2, -0.15) is 0 Å². The van der Waals surface area contributed by atoms with Crippen molar-refractivity contribution in [2.45, 2.75) is 32.2 Å². The molecular formula is C17H19NO4. The highest BCUT2D eigenvalue weighted by Crippen LogP contribution is 2.46. The molecule has 22 heavy (non-hydrogen) atoms. The monoisotopic (exact) mass is 301 g/mol. The lowest BCUT2D eigenvalue weighted by atomic mass is 9.78. The van der Waals surface area contributed by atoms with Crippen molar-refractivity contribution < 1.29 is 19.4 Å². The minimum absolute atomic E-state index is 0.127. The number of ether oxygens (including phenoxy) is 1. The summed E-state index contributed by atoms with van der Waals surface area (Å²) in [4.78, 5) is 23.6. The van der Waals surface area contributed by atoms with E-state index in [-0.39, 0.29) is 23.4 Å². The van der Waals surface area contributed by atoms with Gasteiger partial charge in [-0.1, -0.05) is 18.2 Å². The number of carboxylic acids is 1. The average Bonchev–Trinajstić information content (AvgIpc) is 2.96. The maximum atomic E-state index is 12.3. The van der Waals surface area contributed by atoms with E-state index in [1.54, 1.807) is 19.9 Å². The first-order valence-corrected chi connectivity index (χ1v) is 7.51. The van der Waals surface area contributed by atoms with Crippen LogP contribution in [-0.2, 0) is 9.53 Å². The van der Waals surface area contributed by atoms with Gasteiger partial charge in [-0.05, 0) is 37.5 Å². The van der Waals surface area contributed by atoms with Crippen LogP contribution in [0.1, 0.15) is 40.7 Å². The van der Waals surface area contributed by atoms with Crippen LogP contribution in [0.5, 0.6) is 0 Å². The standard InChI is InChI=1S/C17H19NO4/c1-3-22-17(21)15-12-6-4-5-11(12)13-8-7-10(16(19)20)9(2)14(13)18-15/h4-5,7-8,11-12,15,18H,3,6H2,1-2H3,(H,19,20)/t11-,12+,15-/m0/s1. The molecule has 1 heterocycles. The van der Waals surface area contributed by atoms with Crippen LogP contribution in [0.2, 0.25) is 0 Å². The van der Waals surface area contributed by atoms with E-state index in [1.807, 2.05) is 6.07 Å². The third kappa shape index (κ3) is 2.17. The first-order valence-electron chi connectivity index (χ1n) is 7.51. The molecule has 1 aliphatic carbocycles. The molecule has 0 saturated heterocycles. The summed E-state index contributed by atoms with van der Waals surface area (Å²) in [5.74, 6) is -0.973. The topological polar surface area (TPSA) is 75.6 Å². The zero-order chi connectivity index (χ0) is 15.9. The number of fused-ring (bicyclic) bond motifs is 3. The summed E-state index contributed by atoms with van der Waals surface area (Å²) in [6.07, 6.45) is 5.01. The predicted octanol–water partition coefficient (Wildman–Crippen LogP) is 2.71. The third-order valence-electron chi connectivity index (χ3n) is 4.57. The lowest BCUT2D eigenvalue weighted by Gasteiger charge is -2.36. The van der Waals surface area contributed by atoms with E-state index in [2.05, 4.69) is 17.5 Å². The second-order valence-corrected chi connectivity index (χ2v) is 5.74. The number of rotatable bonds is 3. The van der Waals surface area contributed by atoms with Gasteiger partial charge in [0.25, 0.3) is 0 Å². The maximum Gasteiger partial charge on any atom is 0.336 e. The summed E-state index contributed by atoms with van der Waals surface area (Å²) >= 11 is 0. The summed E-state index contributed by atoms with van der Waals surface area (Å²) < 4.78 is 5.18. The van der Waals surface area contributed by atoms with Gasteiger partial charge >= 0.3 is 11.9 Å². The minimum atomic E-state index is -0.959. The van der Waals surface area contributed by atoms with Gasteiger partial charge in [0.05, 0.1) is 12.2 Å². The van der Waals surface area contributed by atoms with Gasteiger partial charge in [0.2, 0.25) is 0 Å². The first kappa shape index (κ1) is 14.6. The average molecular weight is 301 g/mol. The van der Waals surface area contributed by atoms with Crippen molar-refractivity contribution in [3.63, 3.8) is 0 Å². The SMILES string of the molecule is CCOC(=O)[C@H]1Nc2c(ccc(C(=O)O)c2C)[C@H]2C=CC[C@@H]12. The molecule has 0 saturated carbocycles. The van der Waals surface area contributed by atoms with Crippen LogP contribution in [0.25, 0.3) is 0 Å². The van der Waals surface area contributed by atoms with Gasteiger partial charge in [0, 0.05) is 17.5 Å². The number of carboxylic acid groups (broad SMARTS) is 1. The summed E-state index contributed by atoms with van der Waals surface area (Å²) in [7, 11) is 0. The van der Waals surface area contributed by atoms with Gasteiger partial charge in [-0.25, -0.2) is 9.59 Å². The molecule has 0 radical (unpaired) electrons. The van der Waals surface area contributed by atoms with Gasteiger partial charge in [0.1, 0.15) is 6.04 Å². The molecule has 5 heteroatoms. The smallest absolute Gasteiger partial charge is 0.336 e. The van der Waals surface area contributed by atoms with Crippen molar-refractivity contribution in [3.8, 4) is 0 Å². The summed E-state index contributed by atoms with van der Waals surface area (Å²) in [6.45, 7) is 3.90. The molecule has 0 fully saturated rings. The van der Waals surface area contributed by atoms with Gasteiger partial charge in [-0.3, -0.25) is 0 Å². The number of carbonyl (C=O) groups is 2. The summed E-state index contributed by atoms with van der Waals surface area (Å²) in [6, 6.07) is 3.06. The molecular weight excluding hydrogens is 282 g/mol. The minimum Gasteiger partial charge on any atom is -0.478 e.